The molecule has 0 bridgehead atoms. The van der Waals surface area contributed by atoms with Gasteiger partial charge in [0.25, 0.3) is 5.91 Å². The molecule has 0 unspecified atom stereocenters. The lowest BCUT2D eigenvalue weighted by Crippen LogP contribution is -2.15. The minimum atomic E-state index is -0.916. The summed E-state index contributed by atoms with van der Waals surface area (Å²) in [6.07, 6.45) is 0.150. The number of carbonyl (C=O) groups excluding carboxylic acids is 2. The standard InChI is InChI=1S/C20H17N3O4S/c24-17(10-13-4-2-1-3-5-13)23-20-22-16(12-28-20)19(27)21-15-8-6-14(7-9-15)11-18(25)26/h1-9,12H,10-11H2,(H,21,27)(H,25,26)(H,22,23,24). The lowest BCUT2D eigenvalue weighted by atomic mass is 10.1. The van der Waals surface area contributed by atoms with E-state index < -0.39 is 11.9 Å². The first-order valence-corrected chi connectivity index (χ1v) is 9.29. The molecule has 0 atom stereocenters. The van der Waals surface area contributed by atoms with E-state index in [2.05, 4.69) is 15.6 Å². The molecule has 0 fully saturated rings. The predicted octanol–water partition coefficient (Wildman–Crippen LogP) is 3.20. The summed E-state index contributed by atoms with van der Waals surface area (Å²) in [4.78, 5) is 39.2. The number of nitrogens with one attached hydrogen (secondary N) is 2. The van der Waals surface area contributed by atoms with Gasteiger partial charge in [0.15, 0.2) is 5.13 Å². The van der Waals surface area contributed by atoms with E-state index >= 15 is 0 Å². The number of thiazole rings is 1. The maximum absolute atomic E-state index is 12.3. The van der Waals surface area contributed by atoms with Crippen molar-refractivity contribution in [2.45, 2.75) is 12.8 Å². The number of carboxylic acid groups (broad SMARTS) is 1. The molecular formula is C20H17N3O4S. The summed E-state index contributed by atoms with van der Waals surface area (Å²) in [6.45, 7) is 0. The summed E-state index contributed by atoms with van der Waals surface area (Å²) in [5.41, 5.74) is 2.25. The van der Waals surface area contributed by atoms with Gasteiger partial charge in [-0.05, 0) is 23.3 Å². The molecule has 8 heteroatoms. The summed E-state index contributed by atoms with van der Waals surface area (Å²) < 4.78 is 0. The maximum Gasteiger partial charge on any atom is 0.307 e. The summed E-state index contributed by atoms with van der Waals surface area (Å²) in [6, 6.07) is 15.9. The molecule has 2 aromatic carbocycles. The van der Waals surface area contributed by atoms with E-state index in [9.17, 15) is 14.4 Å². The van der Waals surface area contributed by atoms with E-state index in [4.69, 9.17) is 5.11 Å². The van der Waals surface area contributed by atoms with Gasteiger partial charge in [0.05, 0.1) is 12.8 Å². The highest BCUT2D eigenvalue weighted by atomic mass is 32.1. The van der Waals surface area contributed by atoms with Crippen LogP contribution in [0, 0.1) is 0 Å². The van der Waals surface area contributed by atoms with E-state index in [-0.39, 0.29) is 24.4 Å². The average molecular weight is 395 g/mol. The smallest absolute Gasteiger partial charge is 0.307 e. The average Bonchev–Trinajstić information content (AvgIpc) is 3.12. The second-order valence-electron chi connectivity index (χ2n) is 5.97. The molecule has 7 nitrogen and oxygen atoms in total. The summed E-state index contributed by atoms with van der Waals surface area (Å²) in [5, 5.41) is 16.1. The fourth-order valence-corrected chi connectivity index (χ4v) is 3.16. The first-order valence-electron chi connectivity index (χ1n) is 8.41. The Balaban J connectivity index is 1.56. The van der Waals surface area contributed by atoms with Gasteiger partial charge in [-0.25, -0.2) is 4.98 Å². The van der Waals surface area contributed by atoms with Crippen LogP contribution >= 0.6 is 11.3 Å². The number of benzene rings is 2. The number of aromatic nitrogens is 1. The fourth-order valence-electron chi connectivity index (χ4n) is 2.46. The fraction of sp³-hybridized carbons (Fsp3) is 0.100. The molecule has 0 radical (unpaired) electrons. The lowest BCUT2D eigenvalue weighted by Gasteiger charge is -2.04. The molecule has 0 aliphatic heterocycles. The highest BCUT2D eigenvalue weighted by Crippen LogP contribution is 2.18. The first-order chi connectivity index (χ1) is 13.5. The zero-order chi connectivity index (χ0) is 19.9. The van der Waals surface area contributed by atoms with Crippen molar-refractivity contribution in [3.63, 3.8) is 0 Å². The topological polar surface area (TPSA) is 108 Å². The van der Waals surface area contributed by atoms with E-state index in [1.54, 1.807) is 29.6 Å². The van der Waals surface area contributed by atoms with Gasteiger partial charge in [0.1, 0.15) is 5.69 Å². The molecule has 3 rings (SSSR count). The number of aliphatic carboxylic acids is 1. The third kappa shape index (κ3) is 5.49. The van der Waals surface area contributed by atoms with Gasteiger partial charge in [-0.3, -0.25) is 14.4 Å². The van der Waals surface area contributed by atoms with Crippen molar-refractivity contribution in [3.05, 3.63) is 76.8 Å². The monoisotopic (exact) mass is 395 g/mol. The number of hydrogen-bond donors (Lipinski definition) is 3. The number of anilines is 2. The van der Waals surface area contributed by atoms with Crippen LogP contribution in [0.2, 0.25) is 0 Å². The van der Waals surface area contributed by atoms with Crippen LogP contribution in [0.1, 0.15) is 21.6 Å². The van der Waals surface area contributed by atoms with Crippen LogP contribution in [-0.2, 0) is 22.4 Å². The number of carboxylic acids is 1. The Labute approximate surface area is 165 Å². The molecule has 2 amide bonds. The number of carbonyl (C=O) groups is 3. The highest BCUT2D eigenvalue weighted by Gasteiger charge is 2.13. The predicted molar refractivity (Wildman–Crippen MR) is 107 cm³/mol. The molecule has 0 spiro atoms. The van der Waals surface area contributed by atoms with Gasteiger partial charge in [-0.2, -0.15) is 0 Å². The zero-order valence-electron chi connectivity index (χ0n) is 14.7. The molecule has 3 aromatic rings. The van der Waals surface area contributed by atoms with Gasteiger partial charge in [0, 0.05) is 11.1 Å². The molecule has 0 saturated carbocycles. The van der Waals surface area contributed by atoms with Gasteiger partial charge in [0.2, 0.25) is 5.91 Å². The molecule has 0 aliphatic carbocycles. The SMILES string of the molecule is O=C(O)Cc1ccc(NC(=O)c2csc(NC(=O)Cc3ccccc3)n2)cc1. The van der Waals surface area contributed by atoms with Gasteiger partial charge in [-0.15, -0.1) is 11.3 Å². The van der Waals surface area contributed by atoms with Crippen LogP contribution in [-0.4, -0.2) is 27.9 Å². The van der Waals surface area contributed by atoms with Crippen molar-refractivity contribution in [1.29, 1.82) is 0 Å². The molecule has 1 heterocycles. The maximum atomic E-state index is 12.3. The van der Waals surface area contributed by atoms with Crippen molar-refractivity contribution in [3.8, 4) is 0 Å². The largest absolute Gasteiger partial charge is 0.481 e. The Morgan fingerprint density at radius 2 is 1.57 bits per heavy atom. The summed E-state index contributed by atoms with van der Waals surface area (Å²) in [7, 11) is 0. The molecular weight excluding hydrogens is 378 g/mol. The zero-order valence-corrected chi connectivity index (χ0v) is 15.5. The third-order valence-corrected chi connectivity index (χ3v) is 4.52. The van der Waals surface area contributed by atoms with Gasteiger partial charge < -0.3 is 15.7 Å². The highest BCUT2D eigenvalue weighted by molar-refractivity contribution is 7.14. The Kier molecular flexibility index (Phi) is 6.13. The lowest BCUT2D eigenvalue weighted by molar-refractivity contribution is -0.136. The first kappa shape index (κ1) is 19.2. The Hall–Kier alpha value is -3.52. The van der Waals surface area contributed by atoms with Crippen LogP contribution in [0.5, 0.6) is 0 Å². The van der Waals surface area contributed by atoms with E-state index in [1.165, 1.54) is 11.3 Å². The van der Waals surface area contributed by atoms with Gasteiger partial charge in [-0.1, -0.05) is 42.5 Å². The molecule has 0 saturated heterocycles. The number of hydrogen-bond acceptors (Lipinski definition) is 5. The second kappa shape index (κ2) is 8.92. The van der Waals surface area contributed by atoms with Crippen molar-refractivity contribution in [1.82, 2.24) is 4.98 Å². The third-order valence-electron chi connectivity index (χ3n) is 3.76. The van der Waals surface area contributed by atoms with E-state index in [0.717, 1.165) is 5.56 Å². The minimum Gasteiger partial charge on any atom is -0.481 e. The van der Waals surface area contributed by atoms with Gasteiger partial charge >= 0.3 is 5.97 Å². The number of rotatable bonds is 7. The molecule has 1 aromatic heterocycles. The Bertz CT molecular complexity index is 984. The van der Waals surface area contributed by atoms with Crippen molar-refractivity contribution in [2.24, 2.45) is 0 Å². The molecule has 28 heavy (non-hydrogen) atoms. The number of amides is 2. The quantitative estimate of drug-likeness (QED) is 0.569. The molecule has 142 valence electrons. The van der Waals surface area contributed by atoms with Crippen LogP contribution in [0.15, 0.2) is 60.0 Å². The van der Waals surface area contributed by atoms with Crippen molar-refractivity contribution < 1.29 is 19.5 Å². The van der Waals surface area contributed by atoms with Crippen LogP contribution in [0.4, 0.5) is 10.8 Å². The summed E-state index contributed by atoms with van der Waals surface area (Å²) in [5.74, 6) is -1.53. The summed E-state index contributed by atoms with van der Waals surface area (Å²) >= 11 is 1.17. The van der Waals surface area contributed by atoms with Crippen LogP contribution in [0.25, 0.3) is 0 Å². The Morgan fingerprint density at radius 3 is 2.25 bits per heavy atom. The minimum absolute atomic E-state index is 0.0770. The molecule has 0 aliphatic rings. The van der Waals surface area contributed by atoms with E-state index in [0.29, 0.717) is 16.4 Å². The van der Waals surface area contributed by atoms with Crippen LogP contribution in [0.3, 0.4) is 0 Å². The van der Waals surface area contributed by atoms with Crippen LogP contribution < -0.4 is 10.6 Å². The normalized spacial score (nSPS) is 10.3. The Morgan fingerprint density at radius 1 is 0.893 bits per heavy atom. The number of nitrogens with zero attached hydrogens (tertiary/aromatic N) is 1. The second-order valence-corrected chi connectivity index (χ2v) is 6.83. The molecule has 3 N–H and O–H groups in total. The van der Waals surface area contributed by atoms with Crippen molar-refractivity contribution >= 4 is 39.9 Å². The van der Waals surface area contributed by atoms with Crippen molar-refractivity contribution in [2.75, 3.05) is 10.6 Å². The van der Waals surface area contributed by atoms with E-state index in [1.807, 2.05) is 30.3 Å².